The molecule has 1 aromatic carbocycles. The minimum Gasteiger partial charge on any atom is -0.496 e. The number of amides is 1. The fourth-order valence-electron chi connectivity index (χ4n) is 3.62. The van der Waals surface area contributed by atoms with Gasteiger partial charge < -0.3 is 19.7 Å². The molecule has 2 aliphatic rings. The van der Waals surface area contributed by atoms with Gasteiger partial charge in [-0.05, 0) is 24.3 Å². The highest BCUT2D eigenvalue weighted by Crippen LogP contribution is 2.49. The number of fused-ring (bicyclic) bond motifs is 1. The lowest BCUT2D eigenvalue weighted by Gasteiger charge is -2.37. The Hall–Kier alpha value is -2.95. The second kappa shape index (κ2) is 10.5. The molecule has 0 saturated heterocycles. The van der Waals surface area contributed by atoms with Crippen molar-refractivity contribution in [3.8, 4) is 5.75 Å². The van der Waals surface area contributed by atoms with Crippen LogP contribution in [0.15, 0.2) is 51.6 Å². The van der Waals surface area contributed by atoms with E-state index in [9.17, 15) is 22.8 Å². The first-order valence-corrected chi connectivity index (χ1v) is 11.6. The van der Waals surface area contributed by atoms with Gasteiger partial charge in [0.2, 0.25) is 5.91 Å². The van der Waals surface area contributed by atoms with E-state index in [4.69, 9.17) is 9.47 Å². The fraction of sp³-hybridized carbons (Fsp3) is 0.435. The van der Waals surface area contributed by atoms with E-state index in [0.717, 1.165) is 11.8 Å². The summed E-state index contributed by atoms with van der Waals surface area (Å²) in [5, 5.41) is 4.40. The number of allylic oxidation sites excluding steroid dienone is 1. The molecule has 0 radical (unpaired) electrons. The zero-order valence-corrected chi connectivity index (χ0v) is 20.0. The summed E-state index contributed by atoms with van der Waals surface area (Å²) in [7, 11) is 1.39. The number of nitrogens with zero attached hydrogens (tertiary/aromatic N) is 2. The first kappa shape index (κ1) is 25.7. The van der Waals surface area contributed by atoms with Crippen molar-refractivity contribution in [2.45, 2.75) is 39.4 Å². The zero-order chi connectivity index (χ0) is 25.0. The van der Waals surface area contributed by atoms with Gasteiger partial charge in [-0.15, -0.1) is 0 Å². The number of hydrogen-bond donors (Lipinski definition) is 1. The molecule has 0 bridgehead atoms. The van der Waals surface area contributed by atoms with Crippen LogP contribution < -0.4 is 10.1 Å². The van der Waals surface area contributed by atoms with Gasteiger partial charge in [0, 0.05) is 17.8 Å². The van der Waals surface area contributed by atoms with Crippen LogP contribution in [0.4, 0.5) is 13.2 Å². The number of carbonyl (C=O) groups is 2. The molecule has 0 spiro atoms. The maximum absolute atomic E-state index is 14.1. The maximum Gasteiger partial charge on any atom is 0.434 e. The number of para-hydroxylation sites is 1. The van der Waals surface area contributed by atoms with E-state index in [1.807, 2.05) is 13.8 Å². The number of halogens is 3. The number of rotatable bonds is 8. The first-order chi connectivity index (χ1) is 16.1. The van der Waals surface area contributed by atoms with Crippen LogP contribution in [0.5, 0.6) is 5.75 Å². The van der Waals surface area contributed by atoms with Crippen molar-refractivity contribution in [2.24, 2.45) is 10.9 Å². The van der Waals surface area contributed by atoms with Gasteiger partial charge in [-0.1, -0.05) is 43.8 Å². The van der Waals surface area contributed by atoms with Gasteiger partial charge in [-0.25, -0.2) is 9.79 Å². The number of ether oxygens (including phenoxy) is 2. The Balaban J connectivity index is 2.15. The van der Waals surface area contributed by atoms with Crippen molar-refractivity contribution in [2.75, 3.05) is 20.3 Å². The minimum atomic E-state index is -4.90. The molecule has 0 saturated carbocycles. The summed E-state index contributed by atoms with van der Waals surface area (Å²) in [5.41, 5.74) is -1.24. The van der Waals surface area contributed by atoms with Crippen molar-refractivity contribution in [1.82, 2.24) is 10.2 Å². The Bertz CT molecular complexity index is 1050. The number of methoxy groups -OCH3 is 1. The lowest BCUT2D eigenvalue weighted by molar-refractivity contribution is -0.140. The highest BCUT2D eigenvalue weighted by Gasteiger charge is 2.49. The van der Waals surface area contributed by atoms with Crippen molar-refractivity contribution >= 4 is 28.8 Å². The third kappa shape index (κ3) is 5.40. The van der Waals surface area contributed by atoms with Gasteiger partial charge in [0.1, 0.15) is 5.75 Å². The van der Waals surface area contributed by atoms with Crippen LogP contribution in [-0.2, 0) is 14.3 Å². The molecule has 34 heavy (non-hydrogen) atoms. The first-order valence-electron chi connectivity index (χ1n) is 10.7. The molecule has 1 aromatic rings. The molecule has 0 unspecified atom stereocenters. The Morgan fingerprint density at radius 3 is 2.59 bits per heavy atom. The van der Waals surface area contributed by atoms with Gasteiger partial charge in [0.25, 0.3) is 0 Å². The minimum absolute atomic E-state index is 0.0166. The van der Waals surface area contributed by atoms with Gasteiger partial charge >= 0.3 is 12.1 Å². The summed E-state index contributed by atoms with van der Waals surface area (Å²) in [5.74, 6) is -0.896. The molecule has 3 rings (SSSR count). The van der Waals surface area contributed by atoms with Crippen LogP contribution in [0, 0.1) is 5.92 Å². The molecule has 11 heteroatoms. The molecule has 7 nitrogen and oxygen atoms in total. The second-order valence-corrected chi connectivity index (χ2v) is 8.83. The Kier molecular flexibility index (Phi) is 7.96. The fourth-order valence-corrected chi connectivity index (χ4v) is 4.54. The third-order valence-corrected chi connectivity index (χ3v) is 5.95. The third-order valence-electron chi connectivity index (χ3n) is 5.06. The van der Waals surface area contributed by atoms with Crippen molar-refractivity contribution in [3.63, 3.8) is 0 Å². The standard InChI is InChI=1S/C23H26F3N3O4S/c1-5-33-21(31)18-19(15-8-6-7-9-16(15)32-4)29-14(10-17(30)27-11-13(2)3)12-34-22(29)28-20(18)23(24,25)26/h6-9,12-13,19H,5,10-11H2,1-4H3,(H,27,30)/t19-/m1/s1. The largest absolute Gasteiger partial charge is 0.496 e. The van der Waals surface area contributed by atoms with E-state index in [1.54, 1.807) is 29.7 Å². The predicted octanol–water partition coefficient (Wildman–Crippen LogP) is 4.54. The molecule has 0 aliphatic carbocycles. The number of thioether (sulfide) groups is 1. The van der Waals surface area contributed by atoms with Crippen LogP contribution in [0.3, 0.4) is 0 Å². The zero-order valence-electron chi connectivity index (χ0n) is 19.2. The second-order valence-electron chi connectivity index (χ2n) is 7.99. The quantitative estimate of drug-likeness (QED) is 0.532. The molecule has 2 aliphatic heterocycles. The van der Waals surface area contributed by atoms with E-state index >= 15 is 0 Å². The number of aliphatic imine (C=N–C) groups is 1. The average molecular weight is 498 g/mol. The summed E-state index contributed by atoms with van der Waals surface area (Å²) >= 11 is 0.966. The molecule has 1 amide bonds. The smallest absolute Gasteiger partial charge is 0.434 e. The van der Waals surface area contributed by atoms with Crippen molar-refractivity contribution < 1.29 is 32.2 Å². The monoisotopic (exact) mass is 497 g/mol. The molecule has 1 atom stereocenters. The van der Waals surface area contributed by atoms with Gasteiger partial charge in [-0.2, -0.15) is 13.2 Å². The molecule has 1 N–H and O–H groups in total. The van der Waals surface area contributed by atoms with Crippen LogP contribution >= 0.6 is 11.8 Å². The lowest BCUT2D eigenvalue weighted by Crippen LogP contribution is -2.40. The number of hydrogen-bond acceptors (Lipinski definition) is 7. The van der Waals surface area contributed by atoms with Gasteiger partial charge in [0.05, 0.1) is 31.8 Å². The maximum atomic E-state index is 14.1. The number of amidine groups is 1. The summed E-state index contributed by atoms with van der Waals surface area (Å²) < 4.78 is 52.7. The van der Waals surface area contributed by atoms with Crippen LogP contribution in [0.1, 0.15) is 38.8 Å². The summed E-state index contributed by atoms with van der Waals surface area (Å²) in [6, 6.07) is 5.24. The van der Waals surface area contributed by atoms with E-state index < -0.39 is 29.5 Å². The predicted molar refractivity (Wildman–Crippen MR) is 123 cm³/mol. The molecule has 0 fully saturated rings. The highest BCUT2D eigenvalue weighted by molar-refractivity contribution is 8.16. The normalized spacial score (nSPS) is 17.9. The van der Waals surface area contributed by atoms with E-state index in [1.165, 1.54) is 18.9 Å². The Labute approximate surface area is 200 Å². The van der Waals surface area contributed by atoms with Crippen LogP contribution in [0.2, 0.25) is 0 Å². The topological polar surface area (TPSA) is 80.2 Å². The number of alkyl halides is 3. The Morgan fingerprint density at radius 2 is 1.97 bits per heavy atom. The van der Waals surface area contributed by atoms with Crippen LogP contribution in [0.25, 0.3) is 0 Å². The van der Waals surface area contributed by atoms with E-state index in [2.05, 4.69) is 10.3 Å². The highest BCUT2D eigenvalue weighted by atomic mass is 32.2. The van der Waals surface area contributed by atoms with Crippen molar-refractivity contribution in [1.29, 1.82) is 0 Å². The molecule has 0 aromatic heterocycles. The average Bonchev–Trinajstić information content (AvgIpc) is 3.18. The number of carbonyl (C=O) groups excluding carboxylic acids is 2. The van der Waals surface area contributed by atoms with E-state index in [-0.39, 0.29) is 35.8 Å². The summed E-state index contributed by atoms with van der Waals surface area (Å²) in [6.07, 6.45) is -5.00. The van der Waals surface area contributed by atoms with E-state index in [0.29, 0.717) is 17.8 Å². The van der Waals surface area contributed by atoms with Gasteiger partial charge in [0.15, 0.2) is 10.9 Å². The SMILES string of the molecule is CCOC(=O)C1=C(C(F)(F)F)N=C2SC=C(CC(=O)NCC(C)C)N2[C@@H]1c1ccccc1OC. The number of esters is 1. The molecule has 2 heterocycles. The van der Waals surface area contributed by atoms with Gasteiger partial charge in [-0.3, -0.25) is 4.79 Å². The summed E-state index contributed by atoms with van der Waals surface area (Å²) in [4.78, 5) is 30.7. The molecular weight excluding hydrogens is 471 g/mol. The molecule has 184 valence electrons. The van der Waals surface area contributed by atoms with Crippen LogP contribution in [-0.4, -0.2) is 48.4 Å². The molecular formula is C23H26F3N3O4S. The Morgan fingerprint density at radius 1 is 1.26 bits per heavy atom. The number of nitrogens with one attached hydrogen (secondary N) is 1. The number of benzene rings is 1. The van der Waals surface area contributed by atoms with Crippen molar-refractivity contribution in [3.05, 3.63) is 52.2 Å². The summed E-state index contributed by atoms with van der Waals surface area (Å²) in [6.45, 7) is 5.76. The lowest BCUT2D eigenvalue weighted by atomic mass is 9.92.